The summed E-state index contributed by atoms with van der Waals surface area (Å²) in [6.45, 7) is 0. The van der Waals surface area contributed by atoms with Crippen LogP contribution in [0.5, 0.6) is 0 Å². The number of halogens is 4. The molecule has 2 aromatic carbocycles. The first-order valence-electron chi connectivity index (χ1n) is 7.02. The number of alkyl halides is 3. The number of sulfonamides is 1. The summed E-state index contributed by atoms with van der Waals surface area (Å²) in [6, 6.07) is 7.45. The quantitative estimate of drug-likeness (QED) is 0.640. The maximum Gasteiger partial charge on any atom is 0.416 e. The van der Waals surface area contributed by atoms with Gasteiger partial charge in [-0.15, -0.1) is 12.3 Å². The summed E-state index contributed by atoms with van der Waals surface area (Å²) < 4.78 is 78.4. The van der Waals surface area contributed by atoms with Crippen LogP contribution in [0.3, 0.4) is 0 Å². The summed E-state index contributed by atoms with van der Waals surface area (Å²) in [5, 5.41) is 0. The van der Waals surface area contributed by atoms with E-state index >= 15 is 0 Å². The van der Waals surface area contributed by atoms with Crippen LogP contribution in [0.2, 0.25) is 0 Å². The third-order valence-corrected chi connectivity index (χ3v) is 4.83. The largest absolute Gasteiger partial charge is 0.416 e. The van der Waals surface area contributed by atoms with Crippen molar-refractivity contribution >= 4 is 10.0 Å². The third-order valence-electron chi connectivity index (χ3n) is 3.36. The molecule has 1 unspecified atom stereocenters. The molecule has 132 valence electrons. The van der Waals surface area contributed by atoms with Crippen LogP contribution in [0.4, 0.5) is 17.6 Å². The summed E-state index contributed by atoms with van der Waals surface area (Å²) in [4.78, 5) is -0.536. The lowest BCUT2D eigenvalue weighted by molar-refractivity contribution is -0.137. The first-order chi connectivity index (χ1) is 11.6. The second-order valence-corrected chi connectivity index (χ2v) is 6.87. The van der Waals surface area contributed by atoms with Crippen molar-refractivity contribution < 1.29 is 26.0 Å². The number of nitrogens with one attached hydrogen (secondary N) is 1. The molecule has 0 saturated heterocycles. The molecule has 0 heterocycles. The normalized spacial score (nSPS) is 13.2. The van der Waals surface area contributed by atoms with Gasteiger partial charge in [0.2, 0.25) is 10.0 Å². The van der Waals surface area contributed by atoms with Gasteiger partial charge < -0.3 is 0 Å². The Morgan fingerprint density at radius 1 is 1.12 bits per heavy atom. The molecule has 0 aliphatic heterocycles. The molecule has 0 saturated carbocycles. The van der Waals surface area contributed by atoms with Crippen molar-refractivity contribution in [2.75, 3.05) is 0 Å². The highest BCUT2D eigenvalue weighted by molar-refractivity contribution is 7.89. The van der Waals surface area contributed by atoms with E-state index in [0.717, 1.165) is 30.3 Å². The maximum atomic E-state index is 13.0. The van der Waals surface area contributed by atoms with Gasteiger partial charge in [-0.1, -0.05) is 18.2 Å². The molecule has 0 bridgehead atoms. The average Bonchev–Trinajstić information content (AvgIpc) is 2.54. The Balaban J connectivity index is 2.35. The summed E-state index contributed by atoms with van der Waals surface area (Å²) in [5.74, 6) is 1.78. The number of terminal acetylenes is 1. The fourth-order valence-electron chi connectivity index (χ4n) is 2.14. The molecule has 0 aliphatic rings. The molecule has 0 spiro atoms. The van der Waals surface area contributed by atoms with E-state index in [0.29, 0.717) is 11.6 Å². The molecule has 25 heavy (non-hydrogen) atoms. The van der Waals surface area contributed by atoms with Gasteiger partial charge in [-0.2, -0.15) is 13.2 Å². The Bertz CT molecular complexity index is 884. The zero-order valence-electron chi connectivity index (χ0n) is 12.7. The Hall–Kier alpha value is -2.37. The van der Waals surface area contributed by atoms with Crippen LogP contribution < -0.4 is 4.72 Å². The number of hydrogen-bond acceptors (Lipinski definition) is 2. The minimum absolute atomic E-state index is 0.0518. The van der Waals surface area contributed by atoms with Crippen LogP contribution in [-0.4, -0.2) is 8.42 Å². The highest BCUT2D eigenvalue weighted by Gasteiger charge is 2.32. The Labute approximate surface area is 142 Å². The summed E-state index contributed by atoms with van der Waals surface area (Å²) in [6.07, 6.45) is 0.510. The SMILES string of the molecule is C#CCC(NS(=O)(=O)c1cccc(C(F)(F)F)c1)c1ccc(F)cc1. The fourth-order valence-corrected chi connectivity index (χ4v) is 3.41. The van der Waals surface area contributed by atoms with Gasteiger partial charge in [0.15, 0.2) is 0 Å². The zero-order chi connectivity index (χ0) is 18.7. The lowest BCUT2D eigenvalue weighted by Gasteiger charge is -2.18. The topological polar surface area (TPSA) is 46.2 Å². The molecule has 1 atom stereocenters. The van der Waals surface area contributed by atoms with Crippen LogP contribution in [0.1, 0.15) is 23.6 Å². The van der Waals surface area contributed by atoms with Crippen molar-refractivity contribution in [2.45, 2.75) is 23.5 Å². The summed E-state index contributed by atoms with van der Waals surface area (Å²) in [5.41, 5.74) is -0.680. The third kappa shape index (κ3) is 4.81. The van der Waals surface area contributed by atoms with Crippen molar-refractivity contribution in [2.24, 2.45) is 0 Å². The molecule has 0 radical (unpaired) electrons. The van der Waals surface area contributed by atoms with Gasteiger partial charge in [-0.05, 0) is 35.9 Å². The Kier molecular flexibility index (Phi) is 5.50. The smallest absolute Gasteiger partial charge is 0.207 e. The number of rotatable bonds is 5. The van der Waals surface area contributed by atoms with Crippen LogP contribution in [-0.2, 0) is 16.2 Å². The van der Waals surface area contributed by atoms with Gasteiger partial charge in [0, 0.05) is 6.42 Å². The van der Waals surface area contributed by atoms with Crippen molar-refractivity contribution in [3.8, 4) is 12.3 Å². The van der Waals surface area contributed by atoms with E-state index in [1.54, 1.807) is 0 Å². The van der Waals surface area contributed by atoms with E-state index in [2.05, 4.69) is 10.6 Å². The first kappa shape index (κ1) is 19.0. The van der Waals surface area contributed by atoms with Crippen LogP contribution in [0.25, 0.3) is 0 Å². The molecule has 0 aromatic heterocycles. The van der Waals surface area contributed by atoms with Crippen molar-refractivity contribution in [1.82, 2.24) is 4.72 Å². The van der Waals surface area contributed by atoms with E-state index in [4.69, 9.17) is 6.42 Å². The van der Waals surface area contributed by atoms with Crippen molar-refractivity contribution in [1.29, 1.82) is 0 Å². The van der Waals surface area contributed by atoms with E-state index in [9.17, 15) is 26.0 Å². The highest BCUT2D eigenvalue weighted by Crippen LogP contribution is 2.31. The van der Waals surface area contributed by atoms with Gasteiger partial charge in [-0.3, -0.25) is 0 Å². The second kappa shape index (κ2) is 7.25. The molecular formula is C17H13F4NO2S. The predicted molar refractivity (Wildman–Crippen MR) is 84.4 cm³/mol. The molecule has 1 N–H and O–H groups in total. The lowest BCUT2D eigenvalue weighted by Crippen LogP contribution is -2.28. The van der Waals surface area contributed by atoms with E-state index in [1.807, 2.05) is 0 Å². The second-order valence-electron chi connectivity index (χ2n) is 5.16. The van der Waals surface area contributed by atoms with Gasteiger partial charge in [0.1, 0.15) is 5.82 Å². The minimum Gasteiger partial charge on any atom is -0.207 e. The zero-order valence-corrected chi connectivity index (χ0v) is 13.5. The lowest BCUT2D eigenvalue weighted by atomic mass is 10.1. The van der Waals surface area contributed by atoms with Crippen molar-refractivity contribution in [3.63, 3.8) is 0 Å². The van der Waals surface area contributed by atoms with Crippen LogP contribution in [0, 0.1) is 18.2 Å². The van der Waals surface area contributed by atoms with E-state index < -0.39 is 38.5 Å². The Morgan fingerprint density at radius 2 is 1.76 bits per heavy atom. The molecule has 2 aromatic rings. The van der Waals surface area contributed by atoms with Crippen LogP contribution in [0.15, 0.2) is 53.4 Å². The molecule has 0 aliphatic carbocycles. The maximum absolute atomic E-state index is 13.0. The molecule has 0 fully saturated rings. The average molecular weight is 371 g/mol. The molecule has 0 amide bonds. The van der Waals surface area contributed by atoms with Gasteiger partial charge in [-0.25, -0.2) is 17.5 Å². The standard InChI is InChI=1S/C17H13F4NO2S/c1-2-4-16(12-7-9-14(18)10-8-12)22-25(23,24)15-6-3-5-13(11-15)17(19,20)21/h1,3,5-11,16,22H,4H2. The summed E-state index contributed by atoms with van der Waals surface area (Å²) >= 11 is 0. The highest BCUT2D eigenvalue weighted by atomic mass is 32.2. The predicted octanol–water partition coefficient (Wildman–Crippen LogP) is 3.89. The van der Waals surface area contributed by atoms with Gasteiger partial charge in [0.25, 0.3) is 0 Å². The monoisotopic (exact) mass is 371 g/mol. The van der Waals surface area contributed by atoms with Crippen LogP contribution >= 0.6 is 0 Å². The van der Waals surface area contributed by atoms with Crippen molar-refractivity contribution in [3.05, 3.63) is 65.5 Å². The number of benzene rings is 2. The number of hydrogen-bond donors (Lipinski definition) is 1. The van der Waals surface area contributed by atoms with Gasteiger partial charge >= 0.3 is 6.18 Å². The molecule has 3 nitrogen and oxygen atoms in total. The fraction of sp³-hybridized carbons (Fsp3) is 0.176. The van der Waals surface area contributed by atoms with E-state index in [-0.39, 0.29) is 6.42 Å². The molecule has 8 heteroatoms. The van der Waals surface area contributed by atoms with E-state index in [1.165, 1.54) is 12.1 Å². The molecular weight excluding hydrogens is 358 g/mol. The summed E-state index contributed by atoms with van der Waals surface area (Å²) in [7, 11) is -4.26. The first-order valence-corrected chi connectivity index (χ1v) is 8.50. The minimum atomic E-state index is -4.67. The Morgan fingerprint density at radius 3 is 2.32 bits per heavy atom. The van der Waals surface area contributed by atoms with Gasteiger partial charge in [0.05, 0.1) is 16.5 Å². The molecule has 2 rings (SSSR count).